The molecule has 2 rings (SSSR count). The summed E-state index contributed by atoms with van der Waals surface area (Å²) in [7, 11) is 0. The number of hydrogen-bond donors (Lipinski definition) is 2. The lowest BCUT2D eigenvalue weighted by atomic mass is 9.80. The quantitative estimate of drug-likeness (QED) is 0.780. The van der Waals surface area contributed by atoms with Crippen LogP contribution in [0.3, 0.4) is 0 Å². The molecule has 21 heavy (non-hydrogen) atoms. The van der Waals surface area contributed by atoms with Crippen LogP contribution in [0.25, 0.3) is 0 Å². The van der Waals surface area contributed by atoms with E-state index in [-0.39, 0.29) is 25.0 Å². The number of aliphatic hydroxyl groups excluding tert-OH is 2. The summed E-state index contributed by atoms with van der Waals surface area (Å²) in [6.45, 7) is 0.245. The van der Waals surface area contributed by atoms with E-state index in [1.807, 2.05) is 24.3 Å². The van der Waals surface area contributed by atoms with Crippen LogP contribution in [0.5, 0.6) is 0 Å². The number of benzene rings is 2. The lowest BCUT2D eigenvalue weighted by Gasteiger charge is -2.26. The second kappa shape index (κ2) is 8.60. The van der Waals surface area contributed by atoms with Crippen LogP contribution in [0, 0.1) is 5.92 Å². The van der Waals surface area contributed by atoms with Crippen molar-refractivity contribution in [1.82, 2.24) is 0 Å². The minimum Gasteiger partial charge on any atom is -0.396 e. The fourth-order valence-electron chi connectivity index (χ4n) is 2.93. The average molecular weight is 284 g/mol. The van der Waals surface area contributed by atoms with Gasteiger partial charge in [0.2, 0.25) is 0 Å². The van der Waals surface area contributed by atoms with Crippen LogP contribution in [-0.4, -0.2) is 23.4 Å². The minimum atomic E-state index is 0.112. The summed E-state index contributed by atoms with van der Waals surface area (Å²) in [6, 6.07) is 20.8. The van der Waals surface area contributed by atoms with Crippen molar-refractivity contribution < 1.29 is 10.2 Å². The van der Waals surface area contributed by atoms with E-state index in [0.717, 1.165) is 12.8 Å². The molecule has 0 aromatic heterocycles. The highest BCUT2D eigenvalue weighted by Gasteiger charge is 2.22. The second-order valence-corrected chi connectivity index (χ2v) is 5.50. The zero-order valence-electron chi connectivity index (χ0n) is 12.4. The van der Waals surface area contributed by atoms with Gasteiger partial charge in [-0.15, -0.1) is 0 Å². The highest BCUT2D eigenvalue weighted by molar-refractivity contribution is 5.22. The molecule has 112 valence electrons. The number of rotatable bonds is 8. The number of aryl methyl sites for hydroxylation is 1. The summed E-state index contributed by atoms with van der Waals surface area (Å²) < 4.78 is 0. The molecule has 2 atom stereocenters. The van der Waals surface area contributed by atoms with Crippen molar-refractivity contribution >= 4 is 0 Å². The maximum Gasteiger partial charge on any atom is 0.0465 e. The molecular formula is C19H24O2. The fourth-order valence-corrected chi connectivity index (χ4v) is 2.93. The van der Waals surface area contributed by atoms with E-state index in [1.54, 1.807) is 0 Å². The van der Waals surface area contributed by atoms with Gasteiger partial charge < -0.3 is 10.2 Å². The molecule has 2 N–H and O–H groups in total. The van der Waals surface area contributed by atoms with E-state index in [2.05, 4.69) is 36.4 Å². The first-order valence-corrected chi connectivity index (χ1v) is 7.65. The molecule has 0 aliphatic heterocycles. The molecule has 0 radical (unpaired) electrons. The molecule has 2 aromatic carbocycles. The molecule has 0 bridgehead atoms. The molecule has 0 heterocycles. The third-order valence-corrected chi connectivity index (χ3v) is 4.12. The molecule has 0 aliphatic rings. The van der Waals surface area contributed by atoms with Gasteiger partial charge >= 0.3 is 0 Å². The third kappa shape index (κ3) is 4.69. The lowest BCUT2D eigenvalue weighted by Crippen LogP contribution is -2.19. The zero-order chi connectivity index (χ0) is 14.9. The highest BCUT2D eigenvalue weighted by Crippen LogP contribution is 2.31. The van der Waals surface area contributed by atoms with Crippen molar-refractivity contribution in [3.8, 4) is 0 Å². The van der Waals surface area contributed by atoms with Gasteiger partial charge in [0, 0.05) is 13.2 Å². The molecule has 0 amide bonds. The Morgan fingerprint density at radius 2 is 1.38 bits per heavy atom. The number of hydrogen-bond acceptors (Lipinski definition) is 2. The topological polar surface area (TPSA) is 40.5 Å². The van der Waals surface area contributed by atoms with Crippen molar-refractivity contribution in [2.75, 3.05) is 13.2 Å². The van der Waals surface area contributed by atoms with Crippen LogP contribution in [0.1, 0.15) is 29.9 Å². The molecule has 0 unspecified atom stereocenters. The van der Waals surface area contributed by atoms with Crippen LogP contribution in [-0.2, 0) is 6.42 Å². The Morgan fingerprint density at radius 3 is 1.95 bits per heavy atom. The van der Waals surface area contributed by atoms with E-state index in [1.165, 1.54) is 11.1 Å². The van der Waals surface area contributed by atoms with Crippen molar-refractivity contribution in [3.05, 3.63) is 71.8 Å². The van der Waals surface area contributed by atoms with Crippen molar-refractivity contribution in [3.63, 3.8) is 0 Å². The standard InChI is InChI=1S/C19H24O2/c20-14-13-18(15-21)19(17-9-5-2-6-10-17)12-11-16-7-3-1-4-8-16/h1-10,18-21H,11-15H2/t18-,19+/m0/s1. The Morgan fingerprint density at radius 1 is 0.762 bits per heavy atom. The van der Waals surface area contributed by atoms with Gasteiger partial charge in [-0.25, -0.2) is 0 Å². The summed E-state index contributed by atoms with van der Waals surface area (Å²) in [4.78, 5) is 0. The number of aliphatic hydroxyl groups is 2. The van der Waals surface area contributed by atoms with Crippen LogP contribution in [0.4, 0.5) is 0 Å². The lowest BCUT2D eigenvalue weighted by molar-refractivity contribution is 0.160. The molecule has 2 nitrogen and oxygen atoms in total. The van der Waals surface area contributed by atoms with Crippen molar-refractivity contribution in [2.45, 2.75) is 25.2 Å². The molecule has 0 spiro atoms. The monoisotopic (exact) mass is 284 g/mol. The SMILES string of the molecule is OCC[C@@H](CO)[C@H](CCc1ccccc1)c1ccccc1. The Kier molecular flexibility index (Phi) is 6.45. The molecule has 0 saturated carbocycles. The van der Waals surface area contributed by atoms with Crippen LogP contribution in [0.2, 0.25) is 0 Å². The summed E-state index contributed by atoms with van der Waals surface area (Å²) >= 11 is 0. The Balaban J connectivity index is 2.11. The molecule has 2 aromatic rings. The summed E-state index contributed by atoms with van der Waals surface area (Å²) in [5.41, 5.74) is 2.57. The van der Waals surface area contributed by atoms with Crippen molar-refractivity contribution in [2.24, 2.45) is 5.92 Å². The fraction of sp³-hybridized carbons (Fsp3) is 0.368. The molecule has 0 aliphatic carbocycles. The maximum atomic E-state index is 9.67. The largest absolute Gasteiger partial charge is 0.396 e. The maximum absolute atomic E-state index is 9.67. The van der Waals surface area contributed by atoms with E-state index >= 15 is 0 Å². The zero-order valence-corrected chi connectivity index (χ0v) is 12.4. The van der Waals surface area contributed by atoms with Gasteiger partial charge in [0.25, 0.3) is 0 Å². The van der Waals surface area contributed by atoms with Crippen LogP contribution in [0.15, 0.2) is 60.7 Å². The summed E-state index contributed by atoms with van der Waals surface area (Å²) in [5, 5.41) is 18.9. The van der Waals surface area contributed by atoms with Crippen LogP contribution < -0.4 is 0 Å². The average Bonchev–Trinajstić information content (AvgIpc) is 2.56. The Hall–Kier alpha value is -1.64. The minimum absolute atomic E-state index is 0.112. The Bertz CT molecular complexity index is 495. The molecule has 2 heteroatoms. The first kappa shape index (κ1) is 15.7. The first-order chi connectivity index (χ1) is 10.3. The molecule has 0 saturated heterocycles. The second-order valence-electron chi connectivity index (χ2n) is 5.50. The smallest absolute Gasteiger partial charge is 0.0465 e. The van der Waals surface area contributed by atoms with Gasteiger partial charge in [-0.2, -0.15) is 0 Å². The van der Waals surface area contributed by atoms with Gasteiger partial charge in [-0.1, -0.05) is 60.7 Å². The molecular weight excluding hydrogens is 260 g/mol. The van der Waals surface area contributed by atoms with Crippen LogP contribution >= 0.6 is 0 Å². The predicted octanol–water partition coefficient (Wildman–Crippen LogP) is 3.39. The first-order valence-electron chi connectivity index (χ1n) is 7.65. The normalized spacial score (nSPS) is 13.8. The Labute approximate surface area is 127 Å². The van der Waals surface area contributed by atoms with Gasteiger partial charge in [-0.05, 0) is 42.2 Å². The van der Waals surface area contributed by atoms with Gasteiger partial charge in [0.1, 0.15) is 0 Å². The van der Waals surface area contributed by atoms with Gasteiger partial charge in [0.05, 0.1) is 0 Å². The van der Waals surface area contributed by atoms with Crippen molar-refractivity contribution in [1.29, 1.82) is 0 Å². The highest BCUT2D eigenvalue weighted by atomic mass is 16.3. The van der Waals surface area contributed by atoms with Gasteiger partial charge in [0.15, 0.2) is 0 Å². The molecule has 0 fully saturated rings. The van der Waals surface area contributed by atoms with E-state index < -0.39 is 0 Å². The van der Waals surface area contributed by atoms with E-state index in [9.17, 15) is 10.2 Å². The summed E-state index contributed by atoms with van der Waals surface area (Å²) in [5.74, 6) is 0.393. The van der Waals surface area contributed by atoms with E-state index in [0.29, 0.717) is 6.42 Å². The van der Waals surface area contributed by atoms with E-state index in [4.69, 9.17) is 0 Å². The van der Waals surface area contributed by atoms with Gasteiger partial charge in [-0.3, -0.25) is 0 Å². The third-order valence-electron chi connectivity index (χ3n) is 4.12. The predicted molar refractivity (Wildman–Crippen MR) is 86.2 cm³/mol. The summed E-state index contributed by atoms with van der Waals surface area (Å²) in [6.07, 6.45) is 2.62.